The Morgan fingerprint density at radius 1 is 1.08 bits per heavy atom. The second kappa shape index (κ2) is 8.32. The van der Waals surface area contributed by atoms with Crippen molar-refractivity contribution in [1.82, 2.24) is 10.6 Å². The molecule has 0 heterocycles. The van der Waals surface area contributed by atoms with Gasteiger partial charge in [-0.05, 0) is 63.2 Å². The molecule has 0 spiro atoms. The van der Waals surface area contributed by atoms with E-state index in [-0.39, 0.29) is 11.4 Å². The van der Waals surface area contributed by atoms with E-state index in [1.54, 1.807) is 48.5 Å². The van der Waals surface area contributed by atoms with Crippen LogP contribution in [0.4, 0.5) is 0 Å². The van der Waals surface area contributed by atoms with Crippen molar-refractivity contribution in [3.05, 3.63) is 59.7 Å². The van der Waals surface area contributed by atoms with Crippen molar-refractivity contribution in [2.24, 2.45) is 0 Å². The van der Waals surface area contributed by atoms with Crippen LogP contribution in [-0.4, -0.2) is 24.5 Å². The minimum atomic E-state index is -0.138. The number of nitrogens with zero attached hydrogens (tertiary/aromatic N) is 1. The molecular formula is C20H23N3O2. The molecule has 0 saturated heterocycles. The lowest BCUT2D eigenvalue weighted by Crippen LogP contribution is -2.41. The van der Waals surface area contributed by atoms with Crippen LogP contribution in [0.5, 0.6) is 11.5 Å². The largest absolute Gasteiger partial charge is 0.457 e. The number of hydrogen-bond donors (Lipinski definition) is 2. The summed E-state index contributed by atoms with van der Waals surface area (Å²) in [6, 6.07) is 15.9. The van der Waals surface area contributed by atoms with E-state index in [0.29, 0.717) is 35.7 Å². The van der Waals surface area contributed by atoms with Gasteiger partial charge in [0, 0.05) is 24.2 Å². The van der Waals surface area contributed by atoms with Gasteiger partial charge in [0.05, 0.1) is 11.6 Å². The predicted molar refractivity (Wildman–Crippen MR) is 97.8 cm³/mol. The Morgan fingerprint density at radius 2 is 1.80 bits per heavy atom. The maximum absolute atomic E-state index is 12.2. The van der Waals surface area contributed by atoms with Crippen molar-refractivity contribution in [1.29, 1.82) is 5.26 Å². The molecule has 0 atom stereocenters. The van der Waals surface area contributed by atoms with Crippen molar-refractivity contribution in [2.45, 2.75) is 26.3 Å². The Balaban J connectivity index is 1.93. The summed E-state index contributed by atoms with van der Waals surface area (Å²) in [4.78, 5) is 12.2. The average Bonchev–Trinajstić information content (AvgIpc) is 2.58. The maximum atomic E-state index is 12.2. The number of nitriles is 1. The Labute approximate surface area is 148 Å². The van der Waals surface area contributed by atoms with Crippen molar-refractivity contribution in [3.8, 4) is 17.6 Å². The van der Waals surface area contributed by atoms with Gasteiger partial charge in [-0.3, -0.25) is 4.79 Å². The minimum absolute atomic E-state index is 0.0274. The Hall–Kier alpha value is -2.84. The van der Waals surface area contributed by atoms with E-state index in [1.807, 2.05) is 0 Å². The summed E-state index contributed by atoms with van der Waals surface area (Å²) in [7, 11) is 0. The van der Waals surface area contributed by atoms with E-state index in [9.17, 15) is 4.79 Å². The zero-order valence-electron chi connectivity index (χ0n) is 14.8. The minimum Gasteiger partial charge on any atom is -0.457 e. The van der Waals surface area contributed by atoms with Gasteiger partial charge in [0.15, 0.2) is 0 Å². The Kier molecular flexibility index (Phi) is 6.15. The summed E-state index contributed by atoms with van der Waals surface area (Å²) in [5.74, 6) is 1.05. The number of nitrogens with one attached hydrogen (secondary N) is 2. The van der Waals surface area contributed by atoms with Gasteiger partial charge in [0.2, 0.25) is 0 Å². The molecule has 0 radical (unpaired) electrons. The number of hydrogen-bond acceptors (Lipinski definition) is 4. The van der Waals surface area contributed by atoms with Crippen molar-refractivity contribution >= 4 is 5.91 Å². The van der Waals surface area contributed by atoms with Crippen LogP contribution in [0.25, 0.3) is 0 Å². The number of ether oxygens (including phenoxy) is 1. The molecule has 25 heavy (non-hydrogen) atoms. The second-order valence-electron chi connectivity index (χ2n) is 6.70. The van der Waals surface area contributed by atoms with E-state index >= 15 is 0 Å². The van der Waals surface area contributed by atoms with Gasteiger partial charge >= 0.3 is 0 Å². The predicted octanol–water partition coefficient (Wildman–Crippen LogP) is 3.47. The maximum Gasteiger partial charge on any atom is 0.251 e. The number of benzene rings is 2. The monoisotopic (exact) mass is 337 g/mol. The lowest BCUT2D eigenvalue weighted by Gasteiger charge is -2.20. The first-order valence-electron chi connectivity index (χ1n) is 8.19. The van der Waals surface area contributed by atoms with E-state index < -0.39 is 0 Å². The summed E-state index contributed by atoms with van der Waals surface area (Å²) in [6.07, 6.45) is 0. The number of carbonyl (C=O) groups is 1. The molecule has 2 rings (SSSR count). The molecule has 2 N–H and O–H groups in total. The van der Waals surface area contributed by atoms with E-state index in [0.717, 1.165) is 0 Å². The third kappa shape index (κ3) is 6.28. The van der Waals surface area contributed by atoms with Crippen molar-refractivity contribution < 1.29 is 9.53 Å². The summed E-state index contributed by atoms with van der Waals surface area (Å²) < 4.78 is 5.74. The third-order valence-electron chi connectivity index (χ3n) is 3.38. The molecule has 0 saturated carbocycles. The van der Waals surface area contributed by atoms with Crippen LogP contribution < -0.4 is 15.4 Å². The first-order valence-corrected chi connectivity index (χ1v) is 8.19. The van der Waals surface area contributed by atoms with Gasteiger partial charge in [-0.2, -0.15) is 5.26 Å². The van der Waals surface area contributed by atoms with E-state index in [1.165, 1.54) is 0 Å². The van der Waals surface area contributed by atoms with Crippen LogP contribution in [0.1, 0.15) is 36.7 Å². The van der Waals surface area contributed by atoms with E-state index in [2.05, 4.69) is 37.5 Å². The first kappa shape index (κ1) is 18.5. The molecule has 0 bridgehead atoms. The SMILES string of the molecule is CC(C)(C)NCCNC(=O)c1cccc(Oc2ccc(C#N)cc2)c1. The topological polar surface area (TPSA) is 74.2 Å². The van der Waals surface area contributed by atoms with Crippen LogP contribution in [0.15, 0.2) is 48.5 Å². The van der Waals surface area contributed by atoms with Gasteiger partial charge < -0.3 is 15.4 Å². The number of amides is 1. The molecule has 130 valence electrons. The molecule has 0 aliphatic heterocycles. The zero-order chi connectivity index (χ0) is 18.3. The van der Waals surface area contributed by atoms with Gasteiger partial charge in [0.1, 0.15) is 11.5 Å². The fraction of sp³-hybridized carbons (Fsp3) is 0.300. The van der Waals surface area contributed by atoms with Gasteiger partial charge in [-0.25, -0.2) is 0 Å². The highest BCUT2D eigenvalue weighted by Gasteiger charge is 2.09. The quantitative estimate of drug-likeness (QED) is 0.792. The van der Waals surface area contributed by atoms with Crippen LogP contribution >= 0.6 is 0 Å². The fourth-order valence-electron chi connectivity index (χ4n) is 2.15. The normalized spacial score (nSPS) is 10.8. The molecule has 0 unspecified atom stereocenters. The lowest BCUT2D eigenvalue weighted by molar-refractivity contribution is 0.0952. The molecule has 2 aromatic carbocycles. The van der Waals surface area contributed by atoms with Crippen LogP contribution in [0.2, 0.25) is 0 Å². The molecular weight excluding hydrogens is 314 g/mol. The standard InChI is InChI=1S/C20H23N3O2/c1-20(2,3)23-12-11-22-19(24)16-5-4-6-18(13-16)25-17-9-7-15(14-21)8-10-17/h4-10,13,23H,11-12H2,1-3H3,(H,22,24). The molecule has 2 aromatic rings. The zero-order valence-corrected chi connectivity index (χ0v) is 14.8. The molecule has 5 nitrogen and oxygen atoms in total. The molecule has 0 aliphatic carbocycles. The third-order valence-corrected chi connectivity index (χ3v) is 3.38. The molecule has 0 fully saturated rings. The smallest absolute Gasteiger partial charge is 0.251 e. The van der Waals surface area contributed by atoms with Gasteiger partial charge in [-0.1, -0.05) is 6.07 Å². The highest BCUT2D eigenvalue weighted by molar-refractivity contribution is 5.94. The highest BCUT2D eigenvalue weighted by atomic mass is 16.5. The van der Waals surface area contributed by atoms with Crippen LogP contribution in [0, 0.1) is 11.3 Å². The summed E-state index contributed by atoms with van der Waals surface area (Å²) in [5.41, 5.74) is 1.14. The molecule has 0 aliphatic rings. The van der Waals surface area contributed by atoms with E-state index in [4.69, 9.17) is 10.00 Å². The molecule has 1 amide bonds. The average molecular weight is 337 g/mol. The summed E-state index contributed by atoms with van der Waals surface area (Å²) >= 11 is 0. The highest BCUT2D eigenvalue weighted by Crippen LogP contribution is 2.22. The summed E-state index contributed by atoms with van der Waals surface area (Å²) in [5, 5.41) is 15.0. The number of carbonyl (C=O) groups excluding carboxylic acids is 1. The Morgan fingerprint density at radius 3 is 2.44 bits per heavy atom. The van der Waals surface area contributed by atoms with Gasteiger partial charge in [-0.15, -0.1) is 0 Å². The number of rotatable bonds is 6. The lowest BCUT2D eigenvalue weighted by atomic mass is 10.1. The molecule has 5 heteroatoms. The second-order valence-corrected chi connectivity index (χ2v) is 6.70. The Bertz CT molecular complexity index is 756. The first-order chi connectivity index (χ1) is 11.9. The summed E-state index contributed by atoms with van der Waals surface area (Å²) in [6.45, 7) is 7.50. The van der Waals surface area contributed by atoms with Crippen molar-refractivity contribution in [3.63, 3.8) is 0 Å². The van der Waals surface area contributed by atoms with Crippen LogP contribution in [-0.2, 0) is 0 Å². The molecule has 0 aromatic heterocycles. The van der Waals surface area contributed by atoms with Crippen LogP contribution in [0.3, 0.4) is 0 Å². The fourth-order valence-corrected chi connectivity index (χ4v) is 2.15. The van der Waals surface area contributed by atoms with Crippen molar-refractivity contribution in [2.75, 3.05) is 13.1 Å². The van der Waals surface area contributed by atoms with Gasteiger partial charge in [0.25, 0.3) is 5.91 Å².